The molecule has 180 valence electrons. The van der Waals surface area contributed by atoms with Gasteiger partial charge in [0.05, 0.1) is 17.9 Å². The van der Waals surface area contributed by atoms with Crippen molar-refractivity contribution in [2.24, 2.45) is 0 Å². The lowest BCUT2D eigenvalue weighted by atomic mass is 9.84. The van der Waals surface area contributed by atoms with E-state index < -0.39 is 17.7 Å². The molecule has 1 atom stereocenters. The van der Waals surface area contributed by atoms with E-state index in [4.69, 9.17) is 4.74 Å². The Morgan fingerprint density at radius 3 is 2.46 bits per heavy atom. The number of aryl methyl sites for hydroxylation is 1. The zero-order valence-electron chi connectivity index (χ0n) is 20.7. The van der Waals surface area contributed by atoms with Gasteiger partial charge >= 0.3 is 0 Å². The first kappa shape index (κ1) is 24.2. The van der Waals surface area contributed by atoms with Crippen LogP contribution < -0.4 is 9.64 Å². The topological polar surface area (TPSA) is 79.7 Å². The van der Waals surface area contributed by atoms with E-state index in [0.717, 1.165) is 16.9 Å². The maximum atomic E-state index is 13.4. The number of carbonyl (C=O) groups excluding carboxylic acids is 2. The number of hydrogen-bond donors (Lipinski definition) is 1. The maximum absolute atomic E-state index is 13.4. The van der Waals surface area contributed by atoms with Gasteiger partial charge in [0.2, 0.25) is 0 Å². The monoisotopic (exact) mass is 470 g/mol. The third-order valence-corrected chi connectivity index (χ3v) is 6.05. The number of pyridine rings is 1. The highest BCUT2D eigenvalue weighted by Crippen LogP contribution is 2.42. The zero-order valence-corrected chi connectivity index (χ0v) is 20.7. The van der Waals surface area contributed by atoms with Crippen molar-refractivity contribution >= 4 is 23.1 Å². The Hall–Kier alpha value is -3.93. The molecule has 0 spiro atoms. The number of benzene rings is 2. The smallest absolute Gasteiger partial charge is 0.300 e. The molecule has 2 aromatic carbocycles. The summed E-state index contributed by atoms with van der Waals surface area (Å²) >= 11 is 0. The minimum absolute atomic E-state index is 0.0132. The van der Waals surface area contributed by atoms with Crippen LogP contribution in [0.1, 0.15) is 56.1 Å². The van der Waals surface area contributed by atoms with Gasteiger partial charge in [-0.1, -0.05) is 39.0 Å². The Morgan fingerprint density at radius 2 is 1.83 bits per heavy atom. The molecule has 3 aromatic rings. The highest BCUT2D eigenvalue weighted by molar-refractivity contribution is 6.51. The first-order valence-corrected chi connectivity index (χ1v) is 11.7. The Bertz CT molecular complexity index is 1310. The summed E-state index contributed by atoms with van der Waals surface area (Å²) in [5, 5.41) is 11.5. The van der Waals surface area contributed by atoms with Crippen LogP contribution in [0.4, 0.5) is 5.69 Å². The lowest BCUT2D eigenvalue weighted by Gasteiger charge is -2.25. The number of amides is 1. The third-order valence-electron chi connectivity index (χ3n) is 6.05. The summed E-state index contributed by atoms with van der Waals surface area (Å²) in [7, 11) is 0. The van der Waals surface area contributed by atoms with Gasteiger partial charge in [0.1, 0.15) is 17.6 Å². The van der Waals surface area contributed by atoms with Crippen LogP contribution in [0.5, 0.6) is 5.75 Å². The van der Waals surface area contributed by atoms with Crippen LogP contribution in [-0.4, -0.2) is 28.4 Å². The number of ether oxygens (including phenoxy) is 1. The quantitative estimate of drug-likeness (QED) is 0.293. The van der Waals surface area contributed by atoms with Crippen molar-refractivity contribution in [2.75, 3.05) is 11.5 Å². The molecular formula is C29H30N2O4. The molecule has 0 aliphatic carbocycles. The Labute approximate surface area is 205 Å². The van der Waals surface area contributed by atoms with Crippen molar-refractivity contribution in [1.29, 1.82) is 0 Å². The summed E-state index contributed by atoms with van der Waals surface area (Å²) in [4.78, 5) is 32.5. The molecule has 1 aliphatic rings. The second-order valence-electron chi connectivity index (χ2n) is 9.66. The van der Waals surface area contributed by atoms with Crippen LogP contribution in [-0.2, 0) is 15.0 Å². The fourth-order valence-electron chi connectivity index (χ4n) is 4.39. The molecule has 1 aromatic heterocycles. The van der Waals surface area contributed by atoms with Crippen LogP contribution in [0.25, 0.3) is 5.76 Å². The van der Waals surface area contributed by atoms with Gasteiger partial charge in [-0.2, -0.15) is 0 Å². The summed E-state index contributed by atoms with van der Waals surface area (Å²) in [5.74, 6) is -0.957. The Kier molecular flexibility index (Phi) is 6.48. The van der Waals surface area contributed by atoms with Gasteiger partial charge in [0.25, 0.3) is 11.7 Å². The number of carbonyl (C=O) groups is 2. The molecule has 1 unspecified atom stereocenters. The molecule has 4 rings (SSSR count). The molecule has 6 heteroatoms. The summed E-state index contributed by atoms with van der Waals surface area (Å²) < 4.78 is 5.80. The van der Waals surface area contributed by atoms with Crippen molar-refractivity contribution < 1.29 is 19.4 Å². The minimum atomic E-state index is -0.859. The predicted molar refractivity (Wildman–Crippen MR) is 137 cm³/mol. The standard InChI is InChI=1S/C29H30N2O4/c1-6-35-23-14-13-19(17-21(23)29(3,4)5)26(32)24-25(22-12-7-8-15-30-22)31(28(34)27(24)33)20-11-9-10-18(2)16-20/h7-17,25,32H,6H2,1-5H3/b26-24-. The van der Waals surface area contributed by atoms with Gasteiger partial charge < -0.3 is 9.84 Å². The van der Waals surface area contributed by atoms with Crippen LogP contribution in [0.2, 0.25) is 0 Å². The van der Waals surface area contributed by atoms with Crippen molar-refractivity contribution in [3.8, 4) is 5.75 Å². The van der Waals surface area contributed by atoms with E-state index >= 15 is 0 Å². The number of hydrogen-bond acceptors (Lipinski definition) is 5. The number of Topliss-reactive ketones (excluding diaryl/α,β-unsaturated/α-hetero) is 1. The number of anilines is 1. The van der Waals surface area contributed by atoms with Crippen molar-refractivity contribution in [2.45, 2.75) is 46.1 Å². The van der Waals surface area contributed by atoms with Gasteiger partial charge in [-0.05, 0) is 67.3 Å². The average molecular weight is 471 g/mol. The highest BCUT2D eigenvalue weighted by atomic mass is 16.5. The number of aliphatic hydroxyl groups excluding tert-OH is 1. The van der Waals surface area contributed by atoms with Gasteiger partial charge in [-0.3, -0.25) is 19.5 Å². The largest absolute Gasteiger partial charge is 0.507 e. The predicted octanol–water partition coefficient (Wildman–Crippen LogP) is 5.71. The fraction of sp³-hybridized carbons (Fsp3) is 0.276. The first-order valence-electron chi connectivity index (χ1n) is 11.7. The molecule has 0 saturated carbocycles. The van der Waals surface area contributed by atoms with Crippen LogP contribution >= 0.6 is 0 Å². The van der Waals surface area contributed by atoms with E-state index in [2.05, 4.69) is 25.8 Å². The van der Waals surface area contributed by atoms with Crippen molar-refractivity contribution in [1.82, 2.24) is 4.98 Å². The SMILES string of the molecule is CCOc1ccc(/C(O)=C2/C(=O)C(=O)N(c3cccc(C)c3)C2c2ccccn2)cc1C(C)(C)C. The van der Waals surface area contributed by atoms with E-state index in [0.29, 0.717) is 23.6 Å². The molecule has 1 amide bonds. The van der Waals surface area contributed by atoms with E-state index in [1.165, 1.54) is 4.90 Å². The van der Waals surface area contributed by atoms with Crippen molar-refractivity contribution in [3.63, 3.8) is 0 Å². The van der Waals surface area contributed by atoms with Crippen LogP contribution in [0.3, 0.4) is 0 Å². The molecule has 1 aliphatic heterocycles. The normalized spacial score (nSPS) is 17.6. The maximum Gasteiger partial charge on any atom is 0.300 e. The van der Waals surface area contributed by atoms with E-state index in [1.54, 1.807) is 42.6 Å². The summed E-state index contributed by atoms with van der Waals surface area (Å²) in [6.45, 7) is 10.5. The lowest BCUT2D eigenvalue weighted by Crippen LogP contribution is -2.29. The molecule has 1 fully saturated rings. The zero-order chi connectivity index (χ0) is 25.3. The molecule has 1 N–H and O–H groups in total. The summed E-state index contributed by atoms with van der Waals surface area (Å²) in [6, 6.07) is 17.2. The number of nitrogens with zero attached hydrogens (tertiary/aromatic N) is 2. The highest BCUT2D eigenvalue weighted by Gasteiger charge is 2.47. The second-order valence-corrected chi connectivity index (χ2v) is 9.66. The van der Waals surface area contributed by atoms with Crippen LogP contribution in [0, 0.1) is 6.92 Å². The van der Waals surface area contributed by atoms with Gasteiger partial charge in [-0.15, -0.1) is 0 Å². The van der Waals surface area contributed by atoms with Gasteiger partial charge in [0.15, 0.2) is 0 Å². The molecule has 0 bridgehead atoms. The molecule has 2 heterocycles. The third kappa shape index (κ3) is 4.56. The number of rotatable bonds is 5. The molecule has 6 nitrogen and oxygen atoms in total. The fourth-order valence-corrected chi connectivity index (χ4v) is 4.39. The molecule has 0 radical (unpaired) electrons. The van der Waals surface area contributed by atoms with E-state index in [9.17, 15) is 14.7 Å². The van der Waals surface area contributed by atoms with Gasteiger partial charge in [-0.25, -0.2) is 0 Å². The Morgan fingerprint density at radius 1 is 1.06 bits per heavy atom. The summed E-state index contributed by atoms with van der Waals surface area (Å²) in [5.41, 5.74) is 3.10. The average Bonchev–Trinajstić information content (AvgIpc) is 3.09. The Balaban J connectivity index is 1.94. The lowest BCUT2D eigenvalue weighted by molar-refractivity contribution is -0.132. The van der Waals surface area contributed by atoms with Crippen molar-refractivity contribution in [3.05, 3.63) is 94.8 Å². The summed E-state index contributed by atoms with van der Waals surface area (Å²) in [6.07, 6.45) is 1.61. The second kappa shape index (κ2) is 9.37. The number of aromatic nitrogens is 1. The van der Waals surface area contributed by atoms with Crippen LogP contribution in [0.15, 0.2) is 72.4 Å². The van der Waals surface area contributed by atoms with E-state index in [-0.39, 0.29) is 16.7 Å². The molecule has 35 heavy (non-hydrogen) atoms. The van der Waals surface area contributed by atoms with Gasteiger partial charge in [0, 0.05) is 23.0 Å². The minimum Gasteiger partial charge on any atom is -0.507 e. The number of ketones is 1. The first-order chi connectivity index (χ1) is 16.6. The molecular weight excluding hydrogens is 440 g/mol. The molecule has 1 saturated heterocycles. The number of aliphatic hydroxyl groups is 1. The van der Waals surface area contributed by atoms with E-state index in [1.807, 2.05) is 38.1 Å².